The van der Waals surface area contributed by atoms with E-state index in [2.05, 4.69) is 25.2 Å². The maximum atomic E-state index is 11.1. The molecule has 1 saturated carbocycles. The molecule has 0 heterocycles. The van der Waals surface area contributed by atoms with Crippen LogP contribution in [0.1, 0.15) is 53.4 Å². The molecule has 0 aromatic heterocycles. The average Bonchev–Trinajstić information content (AvgIpc) is 2.25. The van der Waals surface area contributed by atoms with Crippen molar-refractivity contribution < 1.29 is 14.3 Å². The summed E-state index contributed by atoms with van der Waals surface area (Å²) in [6, 6.07) is 0. The van der Waals surface area contributed by atoms with Gasteiger partial charge < -0.3 is 4.74 Å². The minimum Gasteiger partial charge on any atom is -0.462 e. The number of esters is 1. The summed E-state index contributed by atoms with van der Waals surface area (Å²) in [5, 5.41) is 0. The Bertz CT molecular complexity index is 292. The van der Waals surface area contributed by atoms with E-state index in [9.17, 15) is 9.59 Å². The Labute approximate surface area is 111 Å². The Kier molecular flexibility index (Phi) is 7.56. The van der Waals surface area contributed by atoms with Gasteiger partial charge in [0.1, 0.15) is 12.4 Å². The second kappa shape index (κ2) is 8.06. The standard InChI is InChI=1S/C10H18O.C5H8O2/c1-8(11)9-5-4-6-10(2,3)7-9;1-3-4-7-5(2)6/h9H,4-7H2,1-3H3;3H,1,4H2,2H3. The van der Waals surface area contributed by atoms with E-state index in [-0.39, 0.29) is 5.97 Å². The Hall–Kier alpha value is -1.12. The molecule has 1 rings (SSSR count). The lowest BCUT2D eigenvalue weighted by Gasteiger charge is -2.33. The quantitative estimate of drug-likeness (QED) is 0.571. The molecule has 1 aliphatic carbocycles. The van der Waals surface area contributed by atoms with Crippen molar-refractivity contribution in [1.82, 2.24) is 0 Å². The van der Waals surface area contributed by atoms with Crippen LogP contribution in [0.15, 0.2) is 12.7 Å². The van der Waals surface area contributed by atoms with Gasteiger partial charge in [-0.25, -0.2) is 0 Å². The summed E-state index contributed by atoms with van der Waals surface area (Å²) in [4.78, 5) is 21.0. The lowest BCUT2D eigenvalue weighted by molar-refractivity contribution is -0.139. The second-order valence-corrected chi connectivity index (χ2v) is 5.66. The van der Waals surface area contributed by atoms with Crippen LogP contribution in [-0.2, 0) is 14.3 Å². The van der Waals surface area contributed by atoms with Crippen LogP contribution in [0.3, 0.4) is 0 Å². The van der Waals surface area contributed by atoms with E-state index in [1.807, 2.05) is 0 Å². The van der Waals surface area contributed by atoms with Gasteiger partial charge in [-0.3, -0.25) is 9.59 Å². The van der Waals surface area contributed by atoms with E-state index >= 15 is 0 Å². The summed E-state index contributed by atoms with van der Waals surface area (Å²) < 4.78 is 4.43. The SMILES string of the molecule is C=CCOC(C)=O.CC(=O)C1CCCC(C)(C)C1. The molecule has 0 spiro atoms. The third-order valence-electron chi connectivity index (χ3n) is 3.18. The van der Waals surface area contributed by atoms with E-state index in [0.717, 1.165) is 12.8 Å². The number of hydrogen-bond donors (Lipinski definition) is 0. The Morgan fingerprint density at radius 2 is 2.00 bits per heavy atom. The van der Waals surface area contributed by atoms with Crippen LogP contribution in [0.25, 0.3) is 0 Å². The van der Waals surface area contributed by atoms with Crippen molar-refractivity contribution in [3.8, 4) is 0 Å². The molecule has 3 heteroatoms. The van der Waals surface area contributed by atoms with Crippen molar-refractivity contribution in [2.24, 2.45) is 11.3 Å². The molecule has 18 heavy (non-hydrogen) atoms. The first-order valence-electron chi connectivity index (χ1n) is 6.53. The van der Waals surface area contributed by atoms with Crippen LogP contribution in [0, 0.1) is 11.3 Å². The summed E-state index contributed by atoms with van der Waals surface area (Å²) >= 11 is 0. The largest absolute Gasteiger partial charge is 0.462 e. The van der Waals surface area contributed by atoms with Crippen molar-refractivity contribution in [3.63, 3.8) is 0 Å². The summed E-state index contributed by atoms with van der Waals surface area (Å²) in [5.41, 5.74) is 0.411. The van der Waals surface area contributed by atoms with Crippen LogP contribution in [0.2, 0.25) is 0 Å². The highest BCUT2D eigenvalue weighted by atomic mass is 16.5. The molecule has 0 aliphatic heterocycles. The van der Waals surface area contributed by atoms with Gasteiger partial charge in [-0.05, 0) is 31.6 Å². The van der Waals surface area contributed by atoms with Crippen molar-refractivity contribution in [2.45, 2.75) is 53.4 Å². The molecule has 1 atom stereocenters. The highest BCUT2D eigenvalue weighted by Gasteiger charge is 2.29. The summed E-state index contributed by atoms with van der Waals surface area (Å²) in [5.74, 6) is 0.483. The molecule has 1 unspecified atom stereocenters. The number of carbonyl (C=O) groups excluding carboxylic acids is 2. The second-order valence-electron chi connectivity index (χ2n) is 5.66. The molecule has 0 aromatic rings. The van der Waals surface area contributed by atoms with E-state index in [1.54, 1.807) is 6.92 Å². The summed E-state index contributed by atoms with van der Waals surface area (Å²) in [6.07, 6.45) is 6.27. The molecule has 0 N–H and O–H groups in total. The fourth-order valence-corrected chi connectivity index (χ4v) is 2.22. The Morgan fingerprint density at radius 1 is 1.39 bits per heavy atom. The lowest BCUT2D eigenvalue weighted by atomic mass is 9.71. The maximum absolute atomic E-state index is 11.1. The third kappa shape index (κ3) is 8.04. The van der Waals surface area contributed by atoms with Crippen LogP contribution >= 0.6 is 0 Å². The number of ether oxygens (including phenoxy) is 1. The zero-order valence-corrected chi connectivity index (χ0v) is 12.1. The molecular formula is C15H26O3. The normalized spacial score (nSPS) is 21.2. The van der Waals surface area contributed by atoms with E-state index in [1.165, 1.54) is 25.8 Å². The first-order chi connectivity index (χ1) is 8.28. The van der Waals surface area contributed by atoms with Gasteiger partial charge in [0.15, 0.2) is 0 Å². The minimum absolute atomic E-state index is 0.264. The zero-order valence-electron chi connectivity index (χ0n) is 12.1. The highest BCUT2D eigenvalue weighted by molar-refractivity contribution is 5.78. The predicted octanol–water partition coefficient (Wildman–Crippen LogP) is 3.53. The summed E-state index contributed by atoms with van der Waals surface area (Å²) in [7, 11) is 0. The van der Waals surface area contributed by atoms with Crippen molar-refractivity contribution in [1.29, 1.82) is 0 Å². The van der Waals surface area contributed by atoms with Crippen molar-refractivity contribution >= 4 is 11.8 Å². The molecule has 1 fully saturated rings. The van der Waals surface area contributed by atoms with Gasteiger partial charge in [0.25, 0.3) is 0 Å². The van der Waals surface area contributed by atoms with Crippen molar-refractivity contribution in [3.05, 3.63) is 12.7 Å². The van der Waals surface area contributed by atoms with Gasteiger partial charge in [-0.2, -0.15) is 0 Å². The minimum atomic E-state index is -0.264. The Balaban J connectivity index is 0.000000360. The van der Waals surface area contributed by atoms with Gasteiger partial charge in [0, 0.05) is 12.8 Å². The number of carbonyl (C=O) groups is 2. The topological polar surface area (TPSA) is 43.4 Å². The average molecular weight is 254 g/mol. The molecular weight excluding hydrogens is 228 g/mol. The van der Waals surface area contributed by atoms with Gasteiger partial charge in [0.05, 0.1) is 0 Å². The molecule has 0 saturated heterocycles. The van der Waals surface area contributed by atoms with Crippen LogP contribution in [0.5, 0.6) is 0 Å². The first kappa shape index (κ1) is 16.9. The first-order valence-corrected chi connectivity index (χ1v) is 6.53. The maximum Gasteiger partial charge on any atom is 0.302 e. The van der Waals surface area contributed by atoms with Crippen LogP contribution in [-0.4, -0.2) is 18.4 Å². The lowest BCUT2D eigenvalue weighted by Crippen LogP contribution is -2.26. The van der Waals surface area contributed by atoms with E-state index in [0.29, 0.717) is 23.7 Å². The van der Waals surface area contributed by atoms with Gasteiger partial charge in [-0.15, -0.1) is 0 Å². The molecule has 0 radical (unpaired) electrons. The molecule has 0 amide bonds. The fraction of sp³-hybridized carbons (Fsp3) is 0.733. The fourth-order valence-electron chi connectivity index (χ4n) is 2.22. The molecule has 3 nitrogen and oxygen atoms in total. The van der Waals surface area contributed by atoms with Crippen LogP contribution in [0.4, 0.5) is 0 Å². The van der Waals surface area contributed by atoms with Crippen LogP contribution < -0.4 is 0 Å². The number of ketones is 1. The number of hydrogen-bond acceptors (Lipinski definition) is 3. The predicted molar refractivity (Wildman–Crippen MR) is 73.3 cm³/mol. The van der Waals surface area contributed by atoms with Gasteiger partial charge in [-0.1, -0.05) is 32.9 Å². The van der Waals surface area contributed by atoms with Crippen molar-refractivity contribution in [2.75, 3.05) is 6.61 Å². The summed E-state index contributed by atoms with van der Waals surface area (Å²) in [6.45, 7) is 11.3. The monoisotopic (exact) mass is 254 g/mol. The van der Waals surface area contributed by atoms with E-state index in [4.69, 9.17) is 0 Å². The molecule has 0 aromatic carbocycles. The molecule has 0 bridgehead atoms. The third-order valence-corrected chi connectivity index (χ3v) is 3.18. The van der Waals surface area contributed by atoms with Gasteiger partial charge >= 0.3 is 5.97 Å². The number of Topliss-reactive ketones (excluding diaryl/α,β-unsaturated/α-hetero) is 1. The van der Waals surface area contributed by atoms with Gasteiger partial charge in [0.2, 0.25) is 0 Å². The smallest absolute Gasteiger partial charge is 0.302 e. The Morgan fingerprint density at radius 3 is 2.28 bits per heavy atom. The highest BCUT2D eigenvalue weighted by Crippen LogP contribution is 2.38. The zero-order chi connectivity index (χ0) is 14.2. The number of rotatable bonds is 3. The van der Waals surface area contributed by atoms with E-state index < -0.39 is 0 Å². The molecule has 104 valence electrons. The molecule has 1 aliphatic rings.